The molecule has 0 heterocycles. The molecule has 0 aliphatic heterocycles. The van der Waals surface area contributed by atoms with E-state index in [-0.39, 0.29) is 0 Å². The lowest BCUT2D eigenvalue weighted by Crippen LogP contribution is -2.06. The lowest BCUT2D eigenvalue weighted by Gasteiger charge is -2.17. The summed E-state index contributed by atoms with van der Waals surface area (Å²) in [5.74, 6) is 1.50. The predicted octanol–water partition coefficient (Wildman–Crippen LogP) is 6.44. The Kier molecular flexibility index (Phi) is 13.0. The van der Waals surface area contributed by atoms with Gasteiger partial charge in [-0.25, -0.2) is 0 Å². The summed E-state index contributed by atoms with van der Waals surface area (Å²) in [5.41, 5.74) is 1.26. The molecule has 0 amide bonds. The van der Waals surface area contributed by atoms with Gasteiger partial charge in [0.05, 0.1) is 0 Å². The van der Waals surface area contributed by atoms with E-state index in [0.717, 1.165) is 12.5 Å². The summed E-state index contributed by atoms with van der Waals surface area (Å²) in [6.45, 7) is 14.3. The molecule has 0 radical (unpaired) electrons. The van der Waals surface area contributed by atoms with Gasteiger partial charge in [0, 0.05) is 12.8 Å². The summed E-state index contributed by atoms with van der Waals surface area (Å²) >= 11 is 0. The molecule has 0 saturated carbocycles. The molecule has 1 heteroatoms. The Bertz CT molecular complexity index is 252. The first-order valence-electron chi connectivity index (χ1n) is 8.80. The van der Waals surface area contributed by atoms with Gasteiger partial charge >= 0.3 is 0 Å². The second kappa shape index (κ2) is 13.4. The molecule has 1 unspecified atom stereocenters. The predicted molar refractivity (Wildman–Crippen MR) is 93.7 cm³/mol. The zero-order valence-electron chi connectivity index (χ0n) is 14.5. The number of allylic oxidation sites excluding steroid dienone is 1. The summed E-state index contributed by atoms with van der Waals surface area (Å²) in [7, 11) is 0. The van der Waals surface area contributed by atoms with E-state index in [4.69, 9.17) is 0 Å². The number of nitrogens with zero attached hydrogens (tertiary/aromatic N) is 1. The van der Waals surface area contributed by atoms with Crippen LogP contribution in [0, 0.1) is 11.8 Å². The summed E-state index contributed by atoms with van der Waals surface area (Å²) < 4.78 is 0. The van der Waals surface area contributed by atoms with Gasteiger partial charge in [0.25, 0.3) is 0 Å². The number of hydrogen-bond acceptors (Lipinski definition) is 1. The molecule has 0 spiro atoms. The average Bonchev–Trinajstić information content (AvgIpc) is 2.42. The van der Waals surface area contributed by atoms with Crippen molar-refractivity contribution < 1.29 is 0 Å². The van der Waals surface area contributed by atoms with Gasteiger partial charge in [-0.15, -0.1) is 0 Å². The Morgan fingerprint density at radius 2 is 1.55 bits per heavy atom. The third kappa shape index (κ3) is 11.3. The van der Waals surface area contributed by atoms with E-state index in [1.165, 1.54) is 63.4 Å². The van der Waals surface area contributed by atoms with Crippen molar-refractivity contribution in [2.75, 3.05) is 6.54 Å². The van der Waals surface area contributed by atoms with Crippen LogP contribution in [0.5, 0.6) is 0 Å². The van der Waals surface area contributed by atoms with Crippen LogP contribution in [0.4, 0.5) is 0 Å². The first kappa shape index (κ1) is 19.4. The Morgan fingerprint density at radius 1 is 0.950 bits per heavy atom. The van der Waals surface area contributed by atoms with Crippen molar-refractivity contribution in [3.05, 3.63) is 12.2 Å². The zero-order chi connectivity index (χ0) is 15.2. The van der Waals surface area contributed by atoms with Gasteiger partial charge in [0.2, 0.25) is 0 Å². The van der Waals surface area contributed by atoms with Gasteiger partial charge in [-0.3, -0.25) is 4.99 Å². The number of rotatable bonds is 13. The third-order valence-corrected chi connectivity index (χ3v) is 3.91. The molecule has 20 heavy (non-hydrogen) atoms. The Labute approximate surface area is 128 Å². The first-order valence-corrected chi connectivity index (χ1v) is 8.80. The summed E-state index contributed by atoms with van der Waals surface area (Å²) in [5, 5.41) is 0. The minimum Gasteiger partial charge on any atom is -0.293 e. The van der Waals surface area contributed by atoms with Crippen molar-refractivity contribution in [2.45, 2.75) is 85.5 Å². The molecular weight excluding hydrogens is 242 g/mol. The van der Waals surface area contributed by atoms with E-state index in [1.807, 2.05) is 0 Å². The monoisotopic (exact) mass is 279 g/mol. The fourth-order valence-electron chi connectivity index (χ4n) is 2.45. The fourth-order valence-corrected chi connectivity index (χ4v) is 2.45. The maximum atomic E-state index is 4.52. The summed E-state index contributed by atoms with van der Waals surface area (Å²) in [6.07, 6.45) is 13.7. The lowest BCUT2D eigenvalue weighted by molar-refractivity contribution is 0.455. The highest BCUT2D eigenvalue weighted by Crippen LogP contribution is 2.23. The van der Waals surface area contributed by atoms with E-state index >= 15 is 0 Å². The second-order valence-electron chi connectivity index (χ2n) is 6.48. The Hall–Kier alpha value is -0.590. The fraction of sp³-hybridized carbons (Fsp3) is 0.842. The Morgan fingerprint density at radius 3 is 2.15 bits per heavy atom. The highest BCUT2D eigenvalue weighted by molar-refractivity contribution is 5.78. The van der Waals surface area contributed by atoms with Crippen LogP contribution in [-0.4, -0.2) is 12.8 Å². The number of aliphatic imine (C=N–C) groups is 1. The topological polar surface area (TPSA) is 12.4 Å². The normalized spacial score (nSPS) is 13.2. The lowest BCUT2D eigenvalue weighted by atomic mass is 9.89. The zero-order valence-corrected chi connectivity index (χ0v) is 14.5. The van der Waals surface area contributed by atoms with Gasteiger partial charge < -0.3 is 0 Å². The van der Waals surface area contributed by atoms with Gasteiger partial charge in [0.1, 0.15) is 0 Å². The van der Waals surface area contributed by atoms with Crippen molar-refractivity contribution in [3.8, 4) is 0 Å². The van der Waals surface area contributed by atoms with E-state index < -0.39 is 0 Å². The van der Waals surface area contributed by atoms with Crippen molar-refractivity contribution >= 4 is 6.21 Å². The third-order valence-electron chi connectivity index (χ3n) is 3.91. The maximum absolute atomic E-state index is 4.52. The molecule has 0 aromatic rings. The summed E-state index contributed by atoms with van der Waals surface area (Å²) in [6, 6.07) is 0. The molecule has 1 atom stereocenters. The molecule has 118 valence electrons. The smallest absolute Gasteiger partial charge is 0.0389 e. The van der Waals surface area contributed by atoms with Gasteiger partial charge in [0.15, 0.2) is 0 Å². The van der Waals surface area contributed by atoms with Crippen LogP contribution in [0.3, 0.4) is 0 Å². The van der Waals surface area contributed by atoms with E-state index in [2.05, 4.69) is 45.5 Å². The van der Waals surface area contributed by atoms with Crippen LogP contribution in [0.25, 0.3) is 0 Å². The van der Waals surface area contributed by atoms with Gasteiger partial charge in [-0.05, 0) is 36.7 Å². The van der Waals surface area contributed by atoms with Crippen LogP contribution in [0.1, 0.15) is 85.5 Å². The Balaban J connectivity index is 4.10. The van der Waals surface area contributed by atoms with Gasteiger partial charge in [-0.1, -0.05) is 72.8 Å². The van der Waals surface area contributed by atoms with Crippen molar-refractivity contribution in [1.29, 1.82) is 0 Å². The average molecular weight is 280 g/mol. The molecule has 1 nitrogen and oxygen atoms in total. The number of unbranched alkanes of at least 4 members (excludes halogenated alkanes) is 3. The van der Waals surface area contributed by atoms with E-state index in [0.29, 0.717) is 5.92 Å². The van der Waals surface area contributed by atoms with Crippen molar-refractivity contribution in [3.63, 3.8) is 0 Å². The molecule has 0 N–H and O–H groups in total. The molecule has 0 fully saturated rings. The quantitative estimate of drug-likeness (QED) is 0.272. The molecule has 0 rings (SSSR count). The minimum absolute atomic E-state index is 0.660. The summed E-state index contributed by atoms with van der Waals surface area (Å²) in [4.78, 5) is 4.52. The molecule has 0 aromatic heterocycles. The van der Waals surface area contributed by atoms with Crippen LogP contribution in [0.2, 0.25) is 0 Å². The second-order valence-corrected chi connectivity index (χ2v) is 6.48. The SMILES string of the molecule is C=C(/C=N\CCCC)C(CCCC)CCCCC(C)C. The van der Waals surface area contributed by atoms with Crippen LogP contribution >= 0.6 is 0 Å². The molecular formula is C19H37N. The van der Waals surface area contributed by atoms with Crippen molar-refractivity contribution in [2.24, 2.45) is 16.8 Å². The van der Waals surface area contributed by atoms with Crippen LogP contribution in [-0.2, 0) is 0 Å². The standard InChI is InChI=1S/C19H37N/c1-6-8-13-19(14-11-10-12-17(3)4)18(5)16-20-15-9-7-2/h16-17,19H,5-15H2,1-4H3/b20-16-. The van der Waals surface area contributed by atoms with Crippen molar-refractivity contribution in [1.82, 2.24) is 0 Å². The highest BCUT2D eigenvalue weighted by Gasteiger charge is 2.10. The largest absolute Gasteiger partial charge is 0.293 e. The molecule has 0 saturated heterocycles. The van der Waals surface area contributed by atoms with E-state index in [1.54, 1.807) is 0 Å². The minimum atomic E-state index is 0.660. The molecule has 0 aliphatic carbocycles. The molecule has 0 aliphatic rings. The number of hydrogen-bond donors (Lipinski definition) is 0. The van der Waals surface area contributed by atoms with Crippen LogP contribution in [0.15, 0.2) is 17.1 Å². The highest BCUT2D eigenvalue weighted by atomic mass is 14.7. The molecule has 0 bridgehead atoms. The van der Waals surface area contributed by atoms with E-state index in [9.17, 15) is 0 Å². The first-order chi connectivity index (χ1) is 9.61. The maximum Gasteiger partial charge on any atom is 0.0389 e. The van der Waals surface area contributed by atoms with Crippen LogP contribution < -0.4 is 0 Å². The van der Waals surface area contributed by atoms with Gasteiger partial charge in [-0.2, -0.15) is 0 Å². The molecule has 0 aromatic carbocycles.